The van der Waals surface area contributed by atoms with Crippen LogP contribution in [0.3, 0.4) is 0 Å². The molecule has 0 aliphatic carbocycles. The van der Waals surface area contributed by atoms with Crippen molar-refractivity contribution < 1.29 is 4.42 Å². The van der Waals surface area contributed by atoms with E-state index in [0.717, 1.165) is 55.7 Å². The Morgan fingerprint density at radius 3 is 1.63 bits per heavy atom. The standard InChI is InChI=1S/C51H32N4OS/c1-4-13-33(14-5-1)34-23-26-38(27-24-34)55(39-28-30-47-42(32-39)40-19-10-11-22-46(40)57-47)43-20-12-21-44-48(43)41-29-25-37(31-45(41)56-44)51-53-49(35-15-6-2-7-16-35)52-50(54-51)36-17-8-3-9-18-36/h1-32H. The van der Waals surface area contributed by atoms with E-state index in [0.29, 0.717) is 17.5 Å². The molecule has 0 saturated carbocycles. The summed E-state index contributed by atoms with van der Waals surface area (Å²) in [6.07, 6.45) is 0. The quantitative estimate of drug-likeness (QED) is 0.162. The Balaban J connectivity index is 1.08. The van der Waals surface area contributed by atoms with Crippen LogP contribution in [0.1, 0.15) is 0 Å². The van der Waals surface area contributed by atoms with Gasteiger partial charge >= 0.3 is 0 Å². The van der Waals surface area contributed by atoms with E-state index in [1.54, 1.807) is 0 Å². The first kappa shape index (κ1) is 33.0. The predicted molar refractivity (Wildman–Crippen MR) is 236 cm³/mol. The van der Waals surface area contributed by atoms with Crippen molar-refractivity contribution in [2.24, 2.45) is 0 Å². The predicted octanol–water partition coefficient (Wildman–Crippen LogP) is 14.3. The summed E-state index contributed by atoms with van der Waals surface area (Å²) in [6, 6.07) is 67.5. The third kappa shape index (κ3) is 5.91. The first-order valence-corrected chi connectivity index (χ1v) is 19.7. The number of benzene rings is 8. The molecular weight excluding hydrogens is 717 g/mol. The molecule has 0 fully saturated rings. The van der Waals surface area contributed by atoms with E-state index in [4.69, 9.17) is 19.4 Å². The SMILES string of the molecule is c1ccc(-c2ccc(N(c3ccc4sc5ccccc5c4c3)c3cccc4oc5cc(-c6nc(-c7ccccc7)nc(-c7ccccc7)n6)ccc5c34)cc2)cc1. The third-order valence-electron chi connectivity index (χ3n) is 10.5. The lowest BCUT2D eigenvalue weighted by Crippen LogP contribution is -2.10. The van der Waals surface area contributed by atoms with Crippen molar-refractivity contribution in [2.45, 2.75) is 0 Å². The third-order valence-corrected chi connectivity index (χ3v) is 11.7. The molecule has 268 valence electrons. The first-order chi connectivity index (χ1) is 28.2. The van der Waals surface area contributed by atoms with E-state index in [1.165, 1.54) is 31.3 Å². The summed E-state index contributed by atoms with van der Waals surface area (Å²) in [5, 5.41) is 4.56. The minimum Gasteiger partial charge on any atom is -0.456 e. The Morgan fingerprint density at radius 2 is 0.930 bits per heavy atom. The van der Waals surface area contributed by atoms with Gasteiger partial charge in [0.1, 0.15) is 11.2 Å². The molecule has 6 heteroatoms. The molecule has 0 N–H and O–H groups in total. The number of hydrogen-bond acceptors (Lipinski definition) is 6. The fraction of sp³-hybridized carbons (Fsp3) is 0. The van der Waals surface area contributed by atoms with Crippen LogP contribution in [0.2, 0.25) is 0 Å². The van der Waals surface area contributed by atoms with Crippen LogP contribution >= 0.6 is 11.3 Å². The summed E-state index contributed by atoms with van der Waals surface area (Å²) >= 11 is 1.83. The lowest BCUT2D eigenvalue weighted by molar-refractivity contribution is 0.669. The number of aromatic nitrogens is 3. The zero-order valence-corrected chi connectivity index (χ0v) is 31.4. The number of nitrogens with zero attached hydrogens (tertiary/aromatic N) is 4. The molecular formula is C51H32N4OS. The molecule has 11 aromatic rings. The van der Waals surface area contributed by atoms with Gasteiger partial charge in [0.2, 0.25) is 0 Å². The number of thiophene rings is 1. The Hall–Kier alpha value is -7.41. The van der Waals surface area contributed by atoms with Gasteiger partial charge in [0.05, 0.1) is 11.1 Å². The van der Waals surface area contributed by atoms with E-state index < -0.39 is 0 Å². The molecule has 0 aliphatic rings. The van der Waals surface area contributed by atoms with E-state index in [2.05, 4.69) is 138 Å². The zero-order valence-electron chi connectivity index (χ0n) is 30.6. The molecule has 0 saturated heterocycles. The Morgan fingerprint density at radius 1 is 0.368 bits per heavy atom. The highest BCUT2D eigenvalue weighted by Gasteiger charge is 2.22. The number of fused-ring (bicyclic) bond motifs is 6. The second kappa shape index (κ2) is 13.7. The molecule has 0 radical (unpaired) electrons. The highest BCUT2D eigenvalue weighted by Crippen LogP contribution is 2.45. The van der Waals surface area contributed by atoms with Crippen molar-refractivity contribution in [3.63, 3.8) is 0 Å². The summed E-state index contributed by atoms with van der Waals surface area (Å²) in [4.78, 5) is 17.2. The van der Waals surface area contributed by atoms with Gasteiger partial charge in [-0.3, -0.25) is 0 Å². The number of anilines is 3. The molecule has 3 aromatic heterocycles. The largest absolute Gasteiger partial charge is 0.456 e. The number of rotatable bonds is 7. The van der Waals surface area contributed by atoms with Crippen LogP contribution in [0.5, 0.6) is 0 Å². The Kier molecular flexibility index (Phi) is 7.93. The van der Waals surface area contributed by atoms with E-state index in [1.807, 2.05) is 72.0 Å². The van der Waals surface area contributed by atoms with Crippen LogP contribution in [0.4, 0.5) is 17.1 Å². The smallest absolute Gasteiger partial charge is 0.164 e. The van der Waals surface area contributed by atoms with Gasteiger partial charge in [0.15, 0.2) is 17.5 Å². The van der Waals surface area contributed by atoms with Gasteiger partial charge in [-0.1, -0.05) is 133 Å². The highest BCUT2D eigenvalue weighted by molar-refractivity contribution is 7.25. The number of hydrogen-bond donors (Lipinski definition) is 0. The molecule has 0 bridgehead atoms. The molecule has 57 heavy (non-hydrogen) atoms. The summed E-state index contributed by atoms with van der Waals surface area (Å²) in [5.41, 5.74) is 9.79. The maximum atomic E-state index is 6.70. The summed E-state index contributed by atoms with van der Waals surface area (Å²) in [6.45, 7) is 0. The molecule has 0 aliphatic heterocycles. The van der Waals surface area contributed by atoms with Gasteiger partial charge in [-0.2, -0.15) is 0 Å². The van der Waals surface area contributed by atoms with Crippen LogP contribution in [-0.4, -0.2) is 15.0 Å². The molecule has 0 unspecified atom stereocenters. The van der Waals surface area contributed by atoms with Gasteiger partial charge in [-0.05, 0) is 71.8 Å². The van der Waals surface area contributed by atoms with Gasteiger partial charge < -0.3 is 9.32 Å². The molecule has 8 aromatic carbocycles. The van der Waals surface area contributed by atoms with Crippen LogP contribution in [-0.2, 0) is 0 Å². The molecule has 0 amide bonds. The topological polar surface area (TPSA) is 55.1 Å². The van der Waals surface area contributed by atoms with Gasteiger partial charge in [-0.15, -0.1) is 11.3 Å². The van der Waals surface area contributed by atoms with Crippen molar-refractivity contribution in [1.29, 1.82) is 0 Å². The van der Waals surface area contributed by atoms with Crippen molar-refractivity contribution in [3.8, 4) is 45.3 Å². The Labute approximate surface area is 332 Å². The molecule has 11 rings (SSSR count). The minimum absolute atomic E-state index is 0.585. The van der Waals surface area contributed by atoms with Crippen molar-refractivity contribution >= 4 is 70.5 Å². The van der Waals surface area contributed by atoms with E-state index in [-0.39, 0.29) is 0 Å². The second-order valence-corrected chi connectivity index (χ2v) is 15.1. The maximum absolute atomic E-state index is 6.70. The normalized spacial score (nSPS) is 11.5. The zero-order chi connectivity index (χ0) is 37.7. The highest BCUT2D eigenvalue weighted by atomic mass is 32.1. The van der Waals surface area contributed by atoms with Crippen molar-refractivity contribution in [1.82, 2.24) is 15.0 Å². The van der Waals surface area contributed by atoms with Gasteiger partial charge in [0, 0.05) is 53.6 Å². The Bertz CT molecular complexity index is 3170. The molecule has 0 spiro atoms. The van der Waals surface area contributed by atoms with E-state index in [9.17, 15) is 0 Å². The van der Waals surface area contributed by atoms with Crippen molar-refractivity contribution in [2.75, 3.05) is 4.90 Å². The first-order valence-electron chi connectivity index (χ1n) is 18.9. The van der Waals surface area contributed by atoms with E-state index >= 15 is 0 Å². The fourth-order valence-corrected chi connectivity index (χ4v) is 8.87. The van der Waals surface area contributed by atoms with Crippen LogP contribution < -0.4 is 4.90 Å². The van der Waals surface area contributed by atoms with Crippen LogP contribution in [0.15, 0.2) is 199 Å². The summed E-state index contributed by atoms with van der Waals surface area (Å²) < 4.78 is 9.25. The molecule has 3 heterocycles. The lowest BCUT2D eigenvalue weighted by Gasteiger charge is -2.26. The lowest BCUT2D eigenvalue weighted by atomic mass is 10.0. The molecule has 0 atom stereocenters. The second-order valence-electron chi connectivity index (χ2n) is 14.0. The van der Waals surface area contributed by atoms with Gasteiger partial charge in [-0.25, -0.2) is 15.0 Å². The van der Waals surface area contributed by atoms with Crippen LogP contribution in [0, 0.1) is 0 Å². The average molecular weight is 749 g/mol. The average Bonchev–Trinajstić information content (AvgIpc) is 3.86. The summed E-state index contributed by atoms with van der Waals surface area (Å²) in [5.74, 6) is 1.83. The minimum atomic E-state index is 0.585. The van der Waals surface area contributed by atoms with Gasteiger partial charge in [0.25, 0.3) is 0 Å². The molecule has 5 nitrogen and oxygen atoms in total. The fourth-order valence-electron chi connectivity index (χ4n) is 7.78. The van der Waals surface area contributed by atoms with Crippen LogP contribution in [0.25, 0.3) is 87.4 Å². The van der Waals surface area contributed by atoms with Crippen molar-refractivity contribution in [3.05, 3.63) is 194 Å². The monoisotopic (exact) mass is 748 g/mol. The number of furan rings is 1. The maximum Gasteiger partial charge on any atom is 0.164 e. The summed E-state index contributed by atoms with van der Waals surface area (Å²) in [7, 11) is 0.